The third kappa shape index (κ3) is 2.51. The molecule has 1 aliphatic carbocycles. The fourth-order valence-electron chi connectivity index (χ4n) is 3.05. The molecule has 0 amide bonds. The minimum absolute atomic E-state index is 0.363. The van der Waals surface area contributed by atoms with Crippen LogP contribution in [0, 0.1) is 5.92 Å². The van der Waals surface area contributed by atoms with Gasteiger partial charge in [-0.2, -0.15) is 0 Å². The molecule has 1 heterocycles. The molecule has 1 saturated carbocycles. The minimum Gasteiger partial charge on any atom is -0.481 e. The zero-order valence-electron chi connectivity index (χ0n) is 9.48. The molecule has 0 aromatic heterocycles. The second-order valence-electron chi connectivity index (χ2n) is 4.94. The third-order valence-electron chi connectivity index (χ3n) is 3.83. The summed E-state index contributed by atoms with van der Waals surface area (Å²) < 4.78 is 0. The van der Waals surface area contributed by atoms with Crippen molar-refractivity contribution in [1.29, 1.82) is 0 Å². The Labute approximate surface area is 91.5 Å². The molecule has 0 radical (unpaired) electrons. The third-order valence-corrected chi connectivity index (χ3v) is 3.83. The van der Waals surface area contributed by atoms with Gasteiger partial charge in [-0.3, -0.25) is 9.69 Å². The Bertz CT molecular complexity index is 238. The Kier molecular flexibility index (Phi) is 3.29. The van der Waals surface area contributed by atoms with Crippen molar-refractivity contribution in [3.8, 4) is 0 Å². The zero-order valence-corrected chi connectivity index (χ0v) is 9.48. The Morgan fingerprint density at radius 2 is 2.13 bits per heavy atom. The summed E-state index contributed by atoms with van der Waals surface area (Å²) in [4.78, 5) is 13.4. The first-order chi connectivity index (χ1) is 7.22. The summed E-state index contributed by atoms with van der Waals surface area (Å²) in [6.45, 7) is 3.39. The molecule has 3 heteroatoms. The molecule has 1 aliphatic heterocycles. The summed E-state index contributed by atoms with van der Waals surface area (Å²) in [7, 11) is 0. The van der Waals surface area contributed by atoms with Crippen LogP contribution in [0.2, 0.25) is 0 Å². The molecule has 86 valence electrons. The van der Waals surface area contributed by atoms with Crippen molar-refractivity contribution >= 4 is 5.97 Å². The number of nitrogens with zero attached hydrogens (tertiary/aromatic N) is 1. The summed E-state index contributed by atoms with van der Waals surface area (Å²) in [6.07, 6.45) is 6.42. The fraction of sp³-hybridized carbons (Fsp3) is 0.917. The van der Waals surface area contributed by atoms with E-state index < -0.39 is 5.97 Å². The van der Waals surface area contributed by atoms with Crippen molar-refractivity contribution < 1.29 is 9.90 Å². The number of aliphatic carboxylic acids is 1. The van der Waals surface area contributed by atoms with E-state index in [0.717, 1.165) is 18.9 Å². The summed E-state index contributed by atoms with van der Waals surface area (Å²) >= 11 is 0. The van der Waals surface area contributed by atoms with Gasteiger partial charge in [-0.1, -0.05) is 6.92 Å². The number of hydrogen-bond acceptors (Lipinski definition) is 2. The molecule has 2 atom stereocenters. The highest BCUT2D eigenvalue weighted by Gasteiger charge is 2.39. The lowest BCUT2D eigenvalue weighted by atomic mass is 9.85. The standard InChI is InChI=1S/C12H21NO2/c1-2-11-9(8-12(14)15)4-3-7-13(11)10-5-6-10/h9-11H,2-8H2,1H3,(H,14,15)/t9-,11-/m1/s1. The van der Waals surface area contributed by atoms with Gasteiger partial charge in [-0.15, -0.1) is 0 Å². The number of hydrogen-bond donors (Lipinski definition) is 1. The van der Waals surface area contributed by atoms with E-state index in [0.29, 0.717) is 18.4 Å². The highest BCUT2D eigenvalue weighted by atomic mass is 16.4. The molecule has 15 heavy (non-hydrogen) atoms. The molecule has 0 aromatic carbocycles. The van der Waals surface area contributed by atoms with Crippen LogP contribution in [-0.4, -0.2) is 34.6 Å². The summed E-state index contributed by atoms with van der Waals surface area (Å²) in [5.41, 5.74) is 0. The monoisotopic (exact) mass is 211 g/mol. The van der Waals surface area contributed by atoms with Crippen molar-refractivity contribution in [3.05, 3.63) is 0 Å². The maximum absolute atomic E-state index is 10.8. The molecule has 3 nitrogen and oxygen atoms in total. The van der Waals surface area contributed by atoms with E-state index in [4.69, 9.17) is 5.11 Å². The van der Waals surface area contributed by atoms with E-state index in [1.807, 2.05) is 0 Å². The van der Waals surface area contributed by atoms with Crippen LogP contribution < -0.4 is 0 Å². The molecule has 0 unspecified atom stereocenters. The van der Waals surface area contributed by atoms with Crippen LogP contribution in [0.15, 0.2) is 0 Å². The average molecular weight is 211 g/mol. The van der Waals surface area contributed by atoms with Crippen LogP contribution in [0.25, 0.3) is 0 Å². The van der Waals surface area contributed by atoms with Gasteiger partial charge in [-0.05, 0) is 44.6 Å². The predicted octanol–water partition coefficient (Wildman–Crippen LogP) is 2.11. The van der Waals surface area contributed by atoms with Crippen LogP contribution >= 0.6 is 0 Å². The molecule has 1 N–H and O–H groups in total. The second-order valence-corrected chi connectivity index (χ2v) is 4.94. The number of carbonyl (C=O) groups is 1. The smallest absolute Gasteiger partial charge is 0.303 e. The zero-order chi connectivity index (χ0) is 10.8. The Morgan fingerprint density at radius 1 is 1.40 bits per heavy atom. The van der Waals surface area contributed by atoms with Crippen molar-refractivity contribution in [2.45, 2.75) is 57.5 Å². The minimum atomic E-state index is -0.629. The molecule has 2 fully saturated rings. The molecule has 2 rings (SSSR count). The van der Waals surface area contributed by atoms with E-state index in [1.54, 1.807) is 0 Å². The number of carboxylic acid groups (broad SMARTS) is 1. The highest BCUT2D eigenvalue weighted by Crippen LogP contribution is 2.37. The van der Waals surface area contributed by atoms with Crippen molar-refractivity contribution in [1.82, 2.24) is 4.90 Å². The summed E-state index contributed by atoms with van der Waals surface area (Å²) in [5, 5.41) is 8.90. The second kappa shape index (κ2) is 4.52. The van der Waals surface area contributed by atoms with Crippen LogP contribution in [0.1, 0.15) is 45.4 Å². The quantitative estimate of drug-likeness (QED) is 0.774. The van der Waals surface area contributed by atoms with Crippen molar-refractivity contribution in [2.24, 2.45) is 5.92 Å². The Balaban J connectivity index is 1.99. The summed E-state index contributed by atoms with van der Waals surface area (Å²) in [6, 6.07) is 1.31. The lowest BCUT2D eigenvalue weighted by molar-refractivity contribution is -0.139. The van der Waals surface area contributed by atoms with Gasteiger partial charge < -0.3 is 5.11 Å². The first-order valence-electron chi connectivity index (χ1n) is 6.20. The topological polar surface area (TPSA) is 40.5 Å². The van der Waals surface area contributed by atoms with Crippen LogP contribution in [0.4, 0.5) is 0 Å². The predicted molar refractivity (Wildman–Crippen MR) is 58.8 cm³/mol. The summed E-state index contributed by atoms with van der Waals surface area (Å²) in [5.74, 6) is -0.238. The Morgan fingerprint density at radius 3 is 2.67 bits per heavy atom. The first-order valence-corrected chi connectivity index (χ1v) is 6.20. The van der Waals surface area contributed by atoms with Gasteiger partial charge in [0.25, 0.3) is 0 Å². The van der Waals surface area contributed by atoms with Gasteiger partial charge >= 0.3 is 5.97 Å². The maximum atomic E-state index is 10.8. The highest BCUT2D eigenvalue weighted by molar-refractivity contribution is 5.67. The maximum Gasteiger partial charge on any atom is 0.303 e. The van der Waals surface area contributed by atoms with Gasteiger partial charge in [0, 0.05) is 18.5 Å². The normalized spacial score (nSPS) is 32.9. The van der Waals surface area contributed by atoms with E-state index in [9.17, 15) is 4.79 Å². The SMILES string of the molecule is CC[C@@H]1[C@@H](CC(=O)O)CCCN1C1CC1. The molecule has 2 aliphatic rings. The number of piperidine rings is 1. The van der Waals surface area contributed by atoms with Crippen LogP contribution in [0.5, 0.6) is 0 Å². The van der Waals surface area contributed by atoms with Crippen LogP contribution in [-0.2, 0) is 4.79 Å². The number of likely N-dealkylation sites (tertiary alicyclic amines) is 1. The fourth-order valence-corrected chi connectivity index (χ4v) is 3.05. The molecular weight excluding hydrogens is 190 g/mol. The molecule has 1 saturated heterocycles. The van der Waals surface area contributed by atoms with Gasteiger partial charge in [-0.25, -0.2) is 0 Å². The Hall–Kier alpha value is -0.570. The van der Waals surface area contributed by atoms with Crippen molar-refractivity contribution in [2.75, 3.05) is 6.54 Å². The number of carboxylic acids is 1. The van der Waals surface area contributed by atoms with E-state index >= 15 is 0 Å². The van der Waals surface area contributed by atoms with Gasteiger partial charge in [0.2, 0.25) is 0 Å². The number of rotatable bonds is 4. The van der Waals surface area contributed by atoms with E-state index in [1.165, 1.54) is 25.8 Å². The van der Waals surface area contributed by atoms with Gasteiger partial charge in [0.05, 0.1) is 0 Å². The van der Waals surface area contributed by atoms with Gasteiger partial charge in [0.1, 0.15) is 0 Å². The molecule has 0 spiro atoms. The molecule has 0 bridgehead atoms. The first kappa shape index (κ1) is 10.9. The largest absolute Gasteiger partial charge is 0.481 e. The molecule has 0 aromatic rings. The van der Waals surface area contributed by atoms with E-state index in [2.05, 4.69) is 11.8 Å². The van der Waals surface area contributed by atoms with E-state index in [-0.39, 0.29) is 0 Å². The molecular formula is C12H21NO2. The van der Waals surface area contributed by atoms with Crippen molar-refractivity contribution in [3.63, 3.8) is 0 Å². The van der Waals surface area contributed by atoms with Crippen LogP contribution in [0.3, 0.4) is 0 Å². The average Bonchev–Trinajstić information content (AvgIpc) is 2.99. The van der Waals surface area contributed by atoms with Gasteiger partial charge in [0.15, 0.2) is 0 Å². The lowest BCUT2D eigenvalue weighted by Gasteiger charge is -2.41. The lowest BCUT2D eigenvalue weighted by Crippen LogP contribution is -2.46.